The van der Waals surface area contributed by atoms with E-state index in [1.165, 1.54) is 24.3 Å². The lowest BCUT2D eigenvalue weighted by atomic mass is 10.0. The molecule has 7 nitrogen and oxygen atoms in total. The highest BCUT2D eigenvalue weighted by Gasteiger charge is 2.26. The van der Waals surface area contributed by atoms with E-state index < -0.39 is 0 Å². The maximum atomic E-state index is 14.2. The molecule has 0 amide bonds. The zero-order chi connectivity index (χ0) is 19.5. The number of fused-ring (bicyclic) bond motifs is 1. The summed E-state index contributed by atoms with van der Waals surface area (Å²) in [5, 5.41) is 9.70. The number of aldehydes is 1. The Balaban J connectivity index is 1.52. The van der Waals surface area contributed by atoms with Crippen LogP contribution in [-0.4, -0.2) is 59.0 Å². The number of nitrogens with zero attached hydrogens (tertiary/aromatic N) is 5. The Morgan fingerprint density at radius 1 is 1.07 bits per heavy atom. The third-order valence-corrected chi connectivity index (χ3v) is 5.24. The molecular formula is C20H22FN5O2. The Bertz CT molecular complexity index is 896. The molecule has 0 spiro atoms. The van der Waals surface area contributed by atoms with Crippen molar-refractivity contribution in [1.29, 1.82) is 0 Å². The van der Waals surface area contributed by atoms with Crippen molar-refractivity contribution in [2.24, 2.45) is 0 Å². The van der Waals surface area contributed by atoms with Gasteiger partial charge in [-0.15, -0.1) is 0 Å². The molecular weight excluding hydrogens is 361 g/mol. The SMILES string of the molecule is O=CC=CN1CCN(c2ncnc3c2CCN(c2cc(O)ccc2F)C3)CC1. The van der Waals surface area contributed by atoms with Gasteiger partial charge in [-0.2, -0.15) is 0 Å². The molecule has 1 fully saturated rings. The van der Waals surface area contributed by atoms with Crippen LogP contribution in [0.1, 0.15) is 11.3 Å². The summed E-state index contributed by atoms with van der Waals surface area (Å²) in [6.07, 6.45) is 6.40. The number of carbonyl (C=O) groups excluding carboxylic acids is 1. The third kappa shape index (κ3) is 3.62. The molecule has 2 aromatic rings. The van der Waals surface area contributed by atoms with Crippen LogP contribution in [-0.2, 0) is 17.8 Å². The average molecular weight is 383 g/mol. The number of rotatable bonds is 4. The van der Waals surface area contributed by atoms with Gasteiger partial charge in [0.05, 0.1) is 17.9 Å². The van der Waals surface area contributed by atoms with E-state index in [1.807, 2.05) is 11.1 Å². The highest BCUT2D eigenvalue weighted by atomic mass is 19.1. The molecule has 8 heteroatoms. The van der Waals surface area contributed by atoms with Gasteiger partial charge in [-0.1, -0.05) is 0 Å². The molecule has 0 aliphatic carbocycles. The largest absolute Gasteiger partial charge is 0.508 e. The molecule has 146 valence electrons. The van der Waals surface area contributed by atoms with Crippen molar-refractivity contribution in [2.75, 3.05) is 42.5 Å². The van der Waals surface area contributed by atoms with E-state index in [4.69, 9.17) is 0 Å². The standard InChI is InChI=1S/C20H22FN5O2/c21-17-3-2-15(28)12-19(17)26-6-4-16-18(13-26)22-14-23-20(16)25-9-7-24(8-10-25)5-1-11-27/h1-3,5,11-12,14,28H,4,6-10,13H2. The van der Waals surface area contributed by atoms with Crippen LogP contribution >= 0.6 is 0 Å². The number of hydrogen-bond donors (Lipinski definition) is 1. The fourth-order valence-corrected chi connectivity index (χ4v) is 3.80. The van der Waals surface area contributed by atoms with Gasteiger partial charge >= 0.3 is 0 Å². The zero-order valence-corrected chi connectivity index (χ0v) is 15.5. The molecule has 0 saturated carbocycles. The number of aromatic nitrogens is 2. The van der Waals surface area contributed by atoms with Crippen LogP contribution in [0.5, 0.6) is 5.75 Å². The molecule has 0 bridgehead atoms. The van der Waals surface area contributed by atoms with Gasteiger partial charge in [0.1, 0.15) is 30.0 Å². The zero-order valence-electron chi connectivity index (χ0n) is 15.5. The Hall–Kier alpha value is -3.16. The summed E-state index contributed by atoms with van der Waals surface area (Å²) in [4.78, 5) is 25.7. The van der Waals surface area contributed by atoms with Crippen molar-refractivity contribution in [3.8, 4) is 5.75 Å². The second kappa shape index (κ2) is 7.84. The van der Waals surface area contributed by atoms with Gasteiger partial charge < -0.3 is 19.8 Å². The first kappa shape index (κ1) is 18.2. The van der Waals surface area contributed by atoms with Crippen LogP contribution in [0.4, 0.5) is 15.9 Å². The molecule has 1 saturated heterocycles. The minimum absolute atomic E-state index is 0.0482. The molecule has 28 heavy (non-hydrogen) atoms. The second-order valence-corrected chi connectivity index (χ2v) is 6.93. The predicted octanol–water partition coefficient (Wildman–Crippen LogP) is 1.72. The summed E-state index contributed by atoms with van der Waals surface area (Å²) in [5.41, 5.74) is 2.39. The normalized spacial score (nSPS) is 17.1. The lowest BCUT2D eigenvalue weighted by Crippen LogP contribution is -2.45. The highest BCUT2D eigenvalue weighted by Crippen LogP contribution is 2.31. The van der Waals surface area contributed by atoms with Gasteiger partial charge in [-0.3, -0.25) is 4.79 Å². The molecule has 1 aromatic carbocycles. The summed E-state index contributed by atoms with van der Waals surface area (Å²) >= 11 is 0. The van der Waals surface area contributed by atoms with Crippen molar-refractivity contribution < 1.29 is 14.3 Å². The molecule has 0 unspecified atom stereocenters. The number of phenols is 1. The number of allylic oxidation sites excluding steroid dienone is 1. The van der Waals surface area contributed by atoms with Gasteiger partial charge in [0.15, 0.2) is 0 Å². The number of anilines is 2. The fraction of sp³-hybridized carbons (Fsp3) is 0.350. The Morgan fingerprint density at radius 3 is 2.68 bits per heavy atom. The molecule has 1 aromatic heterocycles. The molecule has 0 atom stereocenters. The molecule has 4 rings (SSSR count). The van der Waals surface area contributed by atoms with Crippen molar-refractivity contribution >= 4 is 17.8 Å². The first-order valence-electron chi connectivity index (χ1n) is 9.33. The number of piperazine rings is 1. The summed E-state index contributed by atoms with van der Waals surface area (Å²) in [6.45, 7) is 4.39. The number of aromatic hydroxyl groups is 1. The van der Waals surface area contributed by atoms with Crippen molar-refractivity contribution in [1.82, 2.24) is 14.9 Å². The molecule has 1 N–H and O–H groups in total. The number of hydrogen-bond acceptors (Lipinski definition) is 7. The second-order valence-electron chi connectivity index (χ2n) is 6.93. The quantitative estimate of drug-likeness (QED) is 0.637. The van der Waals surface area contributed by atoms with Crippen LogP contribution in [0, 0.1) is 5.82 Å². The summed E-state index contributed by atoms with van der Waals surface area (Å²) in [6, 6.07) is 4.08. The van der Waals surface area contributed by atoms with Gasteiger partial charge in [-0.25, -0.2) is 14.4 Å². The van der Waals surface area contributed by atoms with Crippen molar-refractivity contribution in [3.05, 3.63) is 53.9 Å². The van der Waals surface area contributed by atoms with Gasteiger partial charge in [0.25, 0.3) is 0 Å². The predicted molar refractivity (Wildman–Crippen MR) is 104 cm³/mol. The maximum absolute atomic E-state index is 14.2. The van der Waals surface area contributed by atoms with Gasteiger partial charge in [-0.05, 0) is 24.6 Å². The van der Waals surface area contributed by atoms with E-state index in [1.54, 1.807) is 6.33 Å². The Morgan fingerprint density at radius 2 is 1.89 bits per heavy atom. The molecule has 2 aliphatic heterocycles. The number of phenolic OH excluding ortho intramolecular Hbond substituents is 1. The van der Waals surface area contributed by atoms with E-state index in [9.17, 15) is 14.3 Å². The van der Waals surface area contributed by atoms with Crippen LogP contribution in [0.15, 0.2) is 36.8 Å². The number of benzene rings is 1. The summed E-state index contributed by atoms with van der Waals surface area (Å²) in [7, 11) is 0. The maximum Gasteiger partial charge on any atom is 0.146 e. The number of halogens is 1. The van der Waals surface area contributed by atoms with E-state index in [0.717, 1.165) is 49.5 Å². The summed E-state index contributed by atoms with van der Waals surface area (Å²) < 4.78 is 14.2. The summed E-state index contributed by atoms with van der Waals surface area (Å²) in [5.74, 6) is 0.641. The Labute approximate surface area is 162 Å². The monoisotopic (exact) mass is 383 g/mol. The average Bonchev–Trinajstić information content (AvgIpc) is 2.73. The van der Waals surface area contributed by atoms with E-state index in [-0.39, 0.29) is 11.6 Å². The lowest BCUT2D eigenvalue weighted by molar-refractivity contribution is -0.104. The first-order valence-corrected chi connectivity index (χ1v) is 9.33. The van der Waals surface area contributed by atoms with E-state index >= 15 is 0 Å². The third-order valence-electron chi connectivity index (χ3n) is 5.24. The van der Waals surface area contributed by atoms with E-state index in [0.29, 0.717) is 25.2 Å². The van der Waals surface area contributed by atoms with Crippen LogP contribution in [0.3, 0.4) is 0 Å². The first-order chi connectivity index (χ1) is 13.7. The fourth-order valence-electron chi connectivity index (χ4n) is 3.80. The topological polar surface area (TPSA) is 72.8 Å². The van der Waals surface area contributed by atoms with Gasteiger partial charge in [0, 0.05) is 50.6 Å². The van der Waals surface area contributed by atoms with Crippen molar-refractivity contribution in [3.63, 3.8) is 0 Å². The molecule has 3 heterocycles. The molecule has 0 radical (unpaired) electrons. The van der Waals surface area contributed by atoms with Crippen LogP contribution in [0.2, 0.25) is 0 Å². The smallest absolute Gasteiger partial charge is 0.146 e. The Kier molecular flexibility index (Phi) is 5.10. The van der Waals surface area contributed by atoms with Crippen molar-refractivity contribution in [2.45, 2.75) is 13.0 Å². The highest BCUT2D eigenvalue weighted by molar-refractivity contribution is 5.64. The lowest BCUT2D eigenvalue weighted by Gasteiger charge is -2.37. The minimum atomic E-state index is -0.352. The van der Waals surface area contributed by atoms with E-state index in [2.05, 4.69) is 19.8 Å². The minimum Gasteiger partial charge on any atom is -0.508 e. The molecule has 2 aliphatic rings. The van der Waals surface area contributed by atoms with Gasteiger partial charge in [0.2, 0.25) is 0 Å². The van der Waals surface area contributed by atoms with Crippen LogP contribution in [0.25, 0.3) is 0 Å². The van der Waals surface area contributed by atoms with Crippen LogP contribution < -0.4 is 9.80 Å². The number of carbonyl (C=O) groups is 1.